The van der Waals surface area contributed by atoms with Crippen LogP contribution < -0.4 is 0 Å². The molecular weight excluding hydrogens is 629 g/mol. The van der Waals surface area contributed by atoms with Crippen LogP contribution in [0.1, 0.15) is 11.1 Å². The maximum atomic E-state index is 2.38. The maximum Gasteiger partial charge on any atom is 0.0541 e. The van der Waals surface area contributed by atoms with E-state index in [1.165, 1.54) is 77.0 Å². The molecule has 0 radical (unpaired) electrons. The second-order valence-electron chi connectivity index (χ2n) is 13.4. The summed E-state index contributed by atoms with van der Waals surface area (Å²) < 4.78 is 4.76. The number of benzene rings is 8. The lowest BCUT2D eigenvalue weighted by molar-refractivity contribution is 1.18. The Morgan fingerprint density at radius 1 is 0.269 bits per heavy atom. The maximum absolute atomic E-state index is 2.38. The van der Waals surface area contributed by atoms with Crippen molar-refractivity contribution in [3.8, 4) is 33.6 Å². The highest BCUT2D eigenvalue weighted by Gasteiger charge is 2.13. The molecule has 8 aromatic carbocycles. The van der Waals surface area contributed by atoms with Gasteiger partial charge in [0.15, 0.2) is 0 Å². The van der Waals surface area contributed by atoms with Crippen molar-refractivity contribution in [2.45, 2.75) is 0 Å². The van der Waals surface area contributed by atoms with Crippen molar-refractivity contribution in [1.29, 1.82) is 0 Å². The lowest BCUT2D eigenvalue weighted by Gasteiger charge is -2.11. The molecule has 0 unspecified atom stereocenters. The summed E-state index contributed by atoms with van der Waals surface area (Å²) in [6, 6.07) is 70.1. The summed E-state index contributed by atoms with van der Waals surface area (Å²) in [7, 11) is 0. The average molecular weight is 663 g/mol. The van der Waals surface area contributed by atoms with Crippen molar-refractivity contribution in [3.05, 3.63) is 205 Å². The van der Waals surface area contributed by atoms with E-state index >= 15 is 0 Å². The summed E-state index contributed by atoms with van der Waals surface area (Å²) in [4.78, 5) is 0. The predicted octanol–water partition coefficient (Wildman–Crippen LogP) is 13.4. The van der Waals surface area contributed by atoms with Gasteiger partial charge in [0, 0.05) is 32.9 Å². The molecule has 244 valence electrons. The van der Waals surface area contributed by atoms with Gasteiger partial charge in [-0.1, -0.05) is 146 Å². The highest BCUT2D eigenvalue weighted by molar-refractivity contribution is 6.10. The third-order valence-electron chi connectivity index (χ3n) is 10.3. The molecule has 2 aromatic heterocycles. The zero-order chi connectivity index (χ0) is 34.4. The molecule has 10 rings (SSSR count). The van der Waals surface area contributed by atoms with Crippen LogP contribution in [0.15, 0.2) is 194 Å². The molecule has 0 saturated heterocycles. The van der Waals surface area contributed by atoms with E-state index in [1.54, 1.807) is 0 Å². The number of fused-ring (bicyclic) bond motifs is 6. The quantitative estimate of drug-likeness (QED) is 0.157. The minimum Gasteiger partial charge on any atom is -0.309 e. The van der Waals surface area contributed by atoms with Crippen LogP contribution in [-0.4, -0.2) is 9.13 Å². The lowest BCUT2D eigenvalue weighted by Crippen LogP contribution is -1.94. The third kappa shape index (κ3) is 5.12. The second kappa shape index (κ2) is 12.5. The highest BCUT2D eigenvalue weighted by atomic mass is 15.0. The Balaban J connectivity index is 0.957. The van der Waals surface area contributed by atoms with E-state index in [9.17, 15) is 0 Å². The van der Waals surface area contributed by atoms with Gasteiger partial charge in [0.1, 0.15) is 0 Å². The smallest absolute Gasteiger partial charge is 0.0541 e. The normalized spacial score (nSPS) is 11.8. The van der Waals surface area contributed by atoms with Crippen LogP contribution in [0.2, 0.25) is 0 Å². The summed E-state index contributed by atoms with van der Waals surface area (Å²) in [6.45, 7) is 0. The third-order valence-corrected chi connectivity index (χ3v) is 10.3. The predicted molar refractivity (Wildman–Crippen MR) is 221 cm³/mol. The Kier molecular flexibility index (Phi) is 7.18. The minimum absolute atomic E-state index is 1.16. The number of hydrogen-bond acceptors (Lipinski definition) is 0. The fourth-order valence-corrected chi connectivity index (χ4v) is 7.89. The van der Waals surface area contributed by atoms with E-state index in [-0.39, 0.29) is 0 Å². The van der Waals surface area contributed by atoms with Crippen LogP contribution in [0.3, 0.4) is 0 Å². The minimum atomic E-state index is 1.16. The van der Waals surface area contributed by atoms with Gasteiger partial charge < -0.3 is 9.13 Å². The van der Waals surface area contributed by atoms with Gasteiger partial charge >= 0.3 is 0 Å². The van der Waals surface area contributed by atoms with Crippen LogP contribution >= 0.6 is 0 Å². The molecule has 52 heavy (non-hydrogen) atoms. The highest BCUT2D eigenvalue weighted by Crippen LogP contribution is 2.35. The topological polar surface area (TPSA) is 9.86 Å². The number of hydrogen-bond donors (Lipinski definition) is 0. The van der Waals surface area contributed by atoms with Gasteiger partial charge in [-0.3, -0.25) is 0 Å². The van der Waals surface area contributed by atoms with Gasteiger partial charge in [0.25, 0.3) is 0 Å². The first kappa shape index (κ1) is 30.0. The molecular formula is C50H34N2. The number of aromatic nitrogens is 2. The van der Waals surface area contributed by atoms with E-state index in [2.05, 4.69) is 215 Å². The summed E-state index contributed by atoms with van der Waals surface area (Å²) in [6.07, 6.45) is 4.43. The van der Waals surface area contributed by atoms with Crippen molar-refractivity contribution >= 4 is 55.8 Å². The number of para-hydroxylation sites is 4. The summed E-state index contributed by atoms with van der Waals surface area (Å²) in [5.41, 5.74) is 14.3. The first-order chi connectivity index (χ1) is 25.8. The monoisotopic (exact) mass is 662 g/mol. The zero-order valence-corrected chi connectivity index (χ0v) is 28.5. The van der Waals surface area contributed by atoms with Gasteiger partial charge in [-0.2, -0.15) is 0 Å². The van der Waals surface area contributed by atoms with Crippen LogP contribution in [-0.2, 0) is 0 Å². The SMILES string of the molecule is C(=C\c1cccc(-c2cccc(-n3c4ccccc4c4ccccc43)c2)c1)/c1cccc(-c2cccc(-n3c4ccccc4c4ccccc43)c2)c1. The van der Waals surface area contributed by atoms with E-state index in [1.807, 2.05) is 0 Å². The van der Waals surface area contributed by atoms with Crippen molar-refractivity contribution in [1.82, 2.24) is 9.13 Å². The van der Waals surface area contributed by atoms with Crippen LogP contribution in [0.4, 0.5) is 0 Å². The van der Waals surface area contributed by atoms with Crippen molar-refractivity contribution in [2.75, 3.05) is 0 Å². The van der Waals surface area contributed by atoms with Crippen molar-refractivity contribution in [2.24, 2.45) is 0 Å². The fraction of sp³-hybridized carbons (Fsp3) is 0. The molecule has 0 amide bonds. The van der Waals surface area contributed by atoms with Gasteiger partial charge in [-0.25, -0.2) is 0 Å². The summed E-state index contributed by atoms with van der Waals surface area (Å²) in [5.74, 6) is 0. The molecule has 0 saturated carbocycles. The van der Waals surface area contributed by atoms with E-state index in [4.69, 9.17) is 0 Å². The van der Waals surface area contributed by atoms with Gasteiger partial charge in [-0.15, -0.1) is 0 Å². The van der Waals surface area contributed by atoms with Crippen LogP contribution in [0.25, 0.3) is 89.4 Å². The van der Waals surface area contributed by atoms with Gasteiger partial charge in [-0.05, 0) is 94.0 Å². The number of rotatable bonds is 6. The van der Waals surface area contributed by atoms with Crippen LogP contribution in [0.5, 0.6) is 0 Å². The molecule has 10 aromatic rings. The largest absolute Gasteiger partial charge is 0.309 e. The molecule has 2 heteroatoms. The van der Waals surface area contributed by atoms with Crippen molar-refractivity contribution in [3.63, 3.8) is 0 Å². The first-order valence-corrected chi connectivity index (χ1v) is 17.8. The molecule has 0 bridgehead atoms. The first-order valence-electron chi connectivity index (χ1n) is 17.8. The van der Waals surface area contributed by atoms with E-state index in [0.29, 0.717) is 0 Å². The Morgan fingerprint density at radius 3 is 0.942 bits per heavy atom. The molecule has 0 spiro atoms. The summed E-state index contributed by atoms with van der Waals surface area (Å²) in [5, 5.41) is 5.09. The molecule has 0 N–H and O–H groups in total. The fourth-order valence-electron chi connectivity index (χ4n) is 7.89. The average Bonchev–Trinajstić information content (AvgIpc) is 3.74. The summed E-state index contributed by atoms with van der Waals surface area (Å²) >= 11 is 0. The van der Waals surface area contributed by atoms with E-state index < -0.39 is 0 Å². The molecule has 0 aliphatic rings. The standard InChI is InChI=1S/C50H34N2/c1-5-25-47-43(21-1)44-22-2-6-26-48(44)51(47)41-19-11-17-39(33-41)37-15-9-13-35(31-37)29-30-36-14-10-16-38(32-36)40-18-12-20-42(34-40)52-49-27-7-3-23-45(49)46-24-4-8-28-50(46)52/h1-34H/b30-29+. The van der Waals surface area contributed by atoms with Gasteiger partial charge in [0.05, 0.1) is 22.1 Å². The van der Waals surface area contributed by atoms with Crippen LogP contribution in [0, 0.1) is 0 Å². The molecule has 0 atom stereocenters. The lowest BCUT2D eigenvalue weighted by atomic mass is 10.0. The Bertz CT molecular complexity index is 2660. The molecule has 2 heterocycles. The Hall–Kier alpha value is -6.90. The van der Waals surface area contributed by atoms with Crippen molar-refractivity contribution < 1.29 is 0 Å². The molecule has 2 nitrogen and oxygen atoms in total. The van der Waals surface area contributed by atoms with E-state index in [0.717, 1.165) is 11.4 Å². The number of nitrogens with zero attached hydrogens (tertiary/aromatic N) is 2. The molecule has 0 fully saturated rings. The zero-order valence-electron chi connectivity index (χ0n) is 28.5. The molecule has 0 aliphatic heterocycles. The van der Waals surface area contributed by atoms with Gasteiger partial charge in [0.2, 0.25) is 0 Å². The Labute approximate surface area is 302 Å². The Morgan fingerprint density at radius 2 is 0.577 bits per heavy atom. The molecule has 0 aliphatic carbocycles. The second-order valence-corrected chi connectivity index (χ2v) is 13.4.